The highest BCUT2D eigenvalue weighted by Gasteiger charge is 2.57. The van der Waals surface area contributed by atoms with Crippen LogP contribution in [0.3, 0.4) is 0 Å². The molecule has 0 bridgehead atoms. The molecule has 2 aromatic carbocycles. The second kappa shape index (κ2) is 14.1. The smallest absolute Gasteiger partial charge is 0.351 e. The first-order chi connectivity index (χ1) is 19.6. The van der Waals surface area contributed by atoms with E-state index in [0.29, 0.717) is 41.9 Å². The van der Waals surface area contributed by atoms with E-state index < -0.39 is 42.3 Å². The lowest BCUT2D eigenvalue weighted by Gasteiger charge is -2.40. The predicted octanol–water partition coefficient (Wildman–Crippen LogP) is 4.92. The number of aliphatic carboxylic acids is 2. The zero-order valence-electron chi connectivity index (χ0n) is 24.0. The molecule has 2 unspecified atom stereocenters. The summed E-state index contributed by atoms with van der Waals surface area (Å²) in [6, 6.07) is 8.41. The maximum absolute atomic E-state index is 13.6. The first kappa shape index (κ1) is 31.6. The summed E-state index contributed by atoms with van der Waals surface area (Å²) in [6.07, 6.45) is 0.514. The van der Waals surface area contributed by atoms with Crippen molar-refractivity contribution in [3.05, 3.63) is 52.6 Å². The number of hydrogen-bond donors (Lipinski definition) is 2. The fourth-order valence-corrected chi connectivity index (χ4v) is 5.09. The minimum atomic E-state index is -2.20. The Morgan fingerprint density at radius 1 is 1.02 bits per heavy atom. The van der Waals surface area contributed by atoms with Crippen molar-refractivity contribution < 1.29 is 48.3 Å². The van der Waals surface area contributed by atoms with Crippen LogP contribution in [-0.4, -0.2) is 65.7 Å². The minimum absolute atomic E-state index is 0.0440. The van der Waals surface area contributed by atoms with E-state index in [2.05, 4.69) is 0 Å². The van der Waals surface area contributed by atoms with Gasteiger partial charge in [-0.3, -0.25) is 14.4 Å². The molecular weight excluding hydrogens is 532 g/mol. The van der Waals surface area contributed by atoms with Gasteiger partial charge >= 0.3 is 11.9 Å². The molecule has 2 N–H and O–H groups in total. The zero-order chi connectivity index (χ0) is 30.2. The molecule has 0 saturated heterocycles. The summed E-state index contributed by atoms with van der Waals surface area (Å²) in [5.41, 5.74) is -0.0580. The number of benzene rings is 2. The summed E-state index contributed by atoms with van der Waals surface area (Å²) in [4.78, 5) is 49.7. The third-order valence-corrected chi connectivity index (χ3v) is 7.03. The third kappa shape index (κ3) is 6.87. The average molecular weight is 571 g/mol. The summed E-state index contributed by atoms with van der Waals surface area (Å²) in [5.74, 6) is -2.16. The van der Waals surface area contributed by atoms with Gasteiger partial charge in [-0.2, -0.15) is 0 Å². The first-order valence-electron chi connectivity index (χ1n) is 13.9. The Morgan fingerprint density at radius 3 is 2.37 bits per heavy atom. The van der Waals surface area contributed by atoms with Crippen molar-refractivity contribution in [3.8, 4) is 17.2 Å². The number of aryl methyl sites for hydroxylation is 1. The molecule has 2 aromatic rings. The van der Waals surface area contributed by atoms with E-state index in [0.717, 1.165) is 18.4 Å². The number of carboxylic acid groups (broad SMARTS) is 2. The van der Waals surface area contributed by atoms with Gasteiger partial charge in [0.2, 0.25) is 5.60 Å². The molecule has 222 valence electrons. The number of methoxy groups -OCH3 is 1. The van der Waals surface area contributed by atoms with Gasteiger partial charge < -0.3 is 29.2 Å². The Morgan fingerprint density at radius 2 is 1.76 bits per heavy atom. The Bertz CT molecular complexity index is 1280. The lowest BCUT2D eigenvalue weighted by Crippen LogP contribution is -2.61. The number of rotatable bonds is 16. The largest absolute Gasteiger partial charge is 0.496 e. The Labute approximate surface area is 239 Å². The molecule has 0 fully saturated rings. The topological polar surface area (TPSA) is 146 Å². The minimum Gasteiger partial charge on any atom is -0.496 e. The summed E-state index contributed by atoms with van der Waals surface area (Å²) < 4.78 is 23.4. The first-order valence-corrected chi connectivity index (χ1v) is 13.9. The average Bonchev–Trinajstić information content (AvgIpc) is 2.93. The van der Waals surface area contributed by atoms with Crippen LogP contribution in [0.15, 0.2) is 30.3 Å². The van der Waals surface area contributed by atoms with Crippen molar-refractivity contribution in [2.45, 2.75) is 77.4 Å². The molecule has 3 rings (SSSR count). The molecule has 1 aliphatic heterocycles. The van der Waals surface area contributed by atoms with E-state index in [9.17, 15) is 29.4 Å². The van der Waals surface area contributed by atoms with Crippen LogP contribution in [0.4, 0.5) is 0 Å². The molecule has 0 aliphatic carbocycles. The van der Waals surface area contributed by atoms with Crippen LogP contribution in [0.25, 0.3) is 0 Å². The van der Waals surface area contributed by atoms with Gasteiger partial charge in [0.15, 0.2) is 17.7 Å². The molecule has 0 aromatic heterocycles. The number of hydrogen-bond acceptors (Lipinski definition) is 8. The quantitative estimate of drug-likeness (QED) is 0.211. The third-order valence-electron chi connectivity index (χ3n) is 7.03. The highest BCUT2D eigenvalue weighted by atomic mass is 16.6. The number of fused-ring (bicyclic) bond motifs is 1. The highest BCUT2D eigenvalue weighted by molar-refractivity contribution is 6.07. The van der Waals surface area contributed by atoms with Crippen molar-refractivity contribution in [2.75, 3.05) is 20.3 Å². The van der Waals surface area contributed by atoms with Gasteiger partial charge in [0.1, 0.15) is 17.2 Å². The lowest BCUT2D eigenvalue weighted by atomic mass is 9.82. The molecule has 1 aliphatic rings. The van der Waals surface area contributed by atoms with Gasteiger partial charge in [-0.05, 0) is 43.5 Å². The van der Waals surface area contributed by atoms with Crippen molar-refractivity contribution in [3.63, 3.8) is 0 Å². The van der Waals surface area contributed by atoms with Crippen LogP contribution in [0.5, 0.6) is 17.2 Å². The second-order valence-corrected chi connectivity index (χ2v) is 9.98. The molecule has 41 heavy (non-hydrogen) atoms. The van der Waals surface area contributed by atoms with Crippen molar-refractivity contribution in [1.82, 2.24) is 0 Å². The van der Waals surface area contributed by atoms with Gasteiger partial charge in [-0.25, -0.2) is 4.79 Å². The summed E-state index contributed by atoms with van der Waals surface area (Å²) >= 11 is 0. The predicted molar refractivity (Wildman–Crippen MR) is 149 cm³/mol. The van der Waals surface area contributed by atoms with Crippen LogP contribution in [0, 0.1) is 0 Å². The monoisotopic (exact) mass is 570 g/mol. The van der Waals surface area contributed by atoms with E-state index in [1.807, 2.05) is 13.8 Å². The number of carbonyl (C=O) groups excluding carboxylic acids is 2. The second-order valence-electron chi connectivity index (χ2n) is 9.98. The van der Waals surface area contributed by atoms with Gasteiger partial charge in [0.05, 0.1) is 31.5 Å². The van der Waals surface area contributed by atoms with Gasteiger partial charge in [0.25, 0.3) is 0 Å². The van der Waals surface area contributed by atoms with E-state index in [-0.39, 0.29) is 30.3 Å². The fourth-order valence-electron chi connectivity index (χ4n) is 5.09. The molecule has 10 heteroatoms. The fraction of sp³-hybridized carbons (Fsp3) is 0.484. The molecule has 10 nitrogen and oxygen atoms in total. The van der Waals surface area contributed by atoms with Gasteiger partial charge in [-0.15, -0.1) is 0 Å². The van der Waals surface area contributed by atoms with E-state index in [4.69, 9.17) is 18.9 Å². The van der Waals surface area contributed by atoms with Crippen LogP contribution in [0.2, 0.25) is 0 Å². The SMILES string of the molecule is CCCc1cccc2c1OC(CCC(=O)O)(C(=O)O)C(OCCCOc1ccc(C(C)=O)c(OC)c1CCC)C2=O. The highest BCUT2D eigenvalue weighted by Crippen LogP contribution is 2.41. The van der Waals surface area contributed by atoms with Crippen LogP contribution in [0.1, 0.15) is 84.7 Å². The Hall–Kier alpha value is -3.92. The van der Waals surface area contributed by atoms with Crippen molar-refractivity contribution in [2.24, 2.45) is 0 Å². The number of carboxylic acids is 2. The molecular formula is C31H38O10. The number of ketones is 2. The van der Waals surface area contributed by atoms with E-state index in [1.165, 1.54) is 14.0 Å². The maximum Gasteiger partial charge on any atom is 0.351 e. The summed E-state index contributed by atoms with van der Waals surface area (Å²) in [7, 11) is 1.50. The Balaban J connectivity index is 1.81. The summed E-state index contributed by atoms with van der Waals surface area (Å²) in [6.45, 7) is 5.55. The van der Waals surface area contributed by atoms with Crippen LogP contribution in [-0.2, 0) is 27.2 Å². The zero-order valence-corrected chi connectivity index (χ0v) is 24.0. The molecule has 2 atom stereocenters. The number of para-hydroxylation sites is 1. The molecule has 0 spiro atoms. The molecule has 0 amide bonds. The number of ether oxygens (including phenoxy) is 4. The van der Waals surface area contributed by atoms with E-state index in [1.54, 1.807) is 30.3 Å². The van der Waals surface area contributed by atoms with Crippen molar-refractivity contribution >= 4 is 23.5 Å². The van der Waals surface area contributed by atoms with E-state index >= 15 is 0 Å². The maximum atomic E-state index is 13.6. The Kier molecular flexibility index (Phi) is 10.9. The molecule has 0 radical (unpaired) electrons. The summed E-state index contributed by atoms with van der Waals surface area (Å²) in [5, 5.41) is 19.6. The van der Waals surface area contributed by atoms with Gasteiger partial charge in [0, 0.05) is 24.8 Å². The lowest BCUT2D eigenvalue weighted by molar-refractivity contribution is -0.171. The van der Waals surface area contributed by atoms with Gasteiger partial charge in [-0.1, -0.05) is 38.8 Å². The number of Topliss-reactive ketones (excluding diaryl/α,β-unsaturated/α-hetero) is 2. The standard InChI is InChI=1S/C31H38O10/c1-5-9-20-11-7-12-23-26(35)29(31(30(36)37,41-27(20)23)16-15-25(33)34)40-18-8-17-39-24-14-13-21(19(3)32)28(38-4)22(24)10-6-2/h7,11-14,29H,5-6,8-10,15-18H2,1-4H3,(H,33,34)(H,36,37). The number of carbonyl (C=O) groups is 4. The van der Waals surface area contributed by atoms with Crippen molar-refractivity contribution in [1.29, 1.82) is 0 Å². The molecule has 0 saturated carbocycles. The van der Waals surface area contributed by atoms with Crippen LogP contribution < -0.4 is 14.2 Å². The van der Waals surface area contributed by atoms with Crippen LogP contribution >= 0.6 is 0 Å². The molecule has 1 heterocycles. The normalized spacial score (nSPS) is 17.9.